The van der Waals surface area contributed by atoms with Gasteiger partial charge in [-0.3, -0.25) is 0 Å². The molecule has 1 saturated heterocycles. The summed E-state index contributed by atoms with van der Waals surface area (Å²) in [7, 11) is 1.65. The van der Waals surface area contributed by atoms with Crippen LogP contribution in [-0.2, 0) is 19.7 Å². The molecule has 4 heteroatoms. The fourth-order valence-corrected chi connectivity index (χ4v) is 6.41. The summed E-state index contributed by atoms with van der Waals surface area (Å²) < 4.78 is 17.5. The van der Waals surface area contributed by atoms with Gasteiger partial charge in [0.15, 0.2) is 6.29 Å². The summed E-state index contributed by atoms with van der Waals surface area (Å²) in [4.78, 5) is 12.4. The molecule has 1 heterocycles. The number of methoxy groups -OCH3 is 1. The van der Waals surface area contributed by atoms with Crippen LogP contribution in [-0.4, -0.2) is 26.6 Å². The smallest absolute Gasteiger partial charge is 0.183 e. The number of rotatable bonds is 6. The van der Waals surface area contributed by atoms with E-state index in [2.05, 4.69) is 48.5 Å². The van der Waals surface area contributed by atoms with Gasteiger partial charge in [0.05, 0.1) is 25.7 Å². The van der Waals surface area contributed by atoms with Gasteiger partial charge >= 0.3 is 0 Å². The van der Waals surface area contributed by atoms with Crippen molar-refractivity contribution in [1.29, 1.82) is 0 Å². The van der Waals surface area contributed by atoms with Gasteiger partial charge in [0.2, 0.25) is 0 Å². The average molecular weight is 455 g/mol. The number of hydrogen-bond donors (Lipinski definition) is 0. The highest BCUT2D eigenvalue weighted by Crippen LogP contribution is 2.58. The standard InChI is InChI=1S/C30H30O4/c1-32-22-12-10-21(11-13-22)28-33-19-29(18-31,20-34-28)16-17-30-15-14-23(24-6-2-4-8-26(24)30)25-7-3-5-9-27(25)30/h2-13,18,23,28H,14-17,19-20H2,1H3. The van der Waals surface area contributed by atoms with Crippen molar-refractivity contribution in [2.45, 2.75) is 43.3 Å². The third-order valence-electron chi connectivity index (χ3n) is 8.30. The van der Waals surface area contributed by atoms with Crippen LogP contribution in [0.2, 0.25) is 0 Å². The lowest BCUT2D eigenvalue weighted by Crippen LogP contribution is -2.44. The number of benzene rings is 3. The highest BCUT2D eigenvalue weighted by atomic mass is 16.7. The first-order chi connectivity index (χ1) is 16.7. The Morgan fingerprint density at radius 1 is 0.882 bits per heavy atom. The zero-order valence-corrected chi connectivity index (χ0v) is 19.5. The van der Waals surface area contributed by atoms with E-state index in [0.29, 0.717) is 19.1 Å². The maximum absolute atomic E-state index is 12.4. The van der Waals surface area contributed by atoms with Crippen molar-refractivity contribution in [3.05, 3.63) is 101 Å². The van der Waals surface area contributed by atoms with Gasteiger partial charge in [-0.15, -0.1) is 0 Å². The van der Waals surface area contributed by atoms with E-state index < -0.39 is 11.7 Å². The first kappa shape index (κ1) is 21.6. The predicted molar refractivity (Wildman–Crippen MR) is 130 cm³/mol. The quantitative estimate of drug-likeness (QED) is 0.433. The molecule has 0 radical (unpaired) electrons. The van der Waals surface area contributed by atoms with Crippen LogP contribution >= 0.6 is 0 Å². The van der Waals surface area contributed by atoms with Gasteiger partial charge in [-0.2, -0.15) is 0 Å². The Balaban J connectivity index is 1.25. The van der Waals surface area contributed by atoms with Crippen LogP contribution in [0.15, 0.2) is 72.8 Å². The molecular weight excluding hydrogens is 424 g/mol. The van der Waals surface area contributed by atoms with E-state index in [4.69, 9.17) is 14.2 Å². The van der Waals surface area contributed by atoms with E-state index in [9.17, 15) is 4.79 Å². The van der Waals surface area contributed by atoms with Crippen molar-refractivity contribution in [3.63, 3.8) is 0 Å². The summed E-state index contributed by atoms with van der Waals surface area (Å²) in [5.74, 6) is 1.28. The summed E-state index contributed by atoms with van der Waals surface area (Å²) in [6.45, 7) is 0.740. The van der Waals surface area contributed by atoms with Gasteiger partial charge in [0, 0.05) is 16.9 Å². The maximum atomic E-state index is 12.4. The van der Waals surface area contributed by atoms with Crippen molar-refractivity contribution in [2.75, 3.05) is 20.3 Å². The summed E-state index contributed by atoms with van der Waals surface area (Å²) in [5, 5.41) is 0. The molecule has 0 N–H and O–H groups in total. The van der Waals surface area contributed by atoms with Crippen molar-refractivity contribution in [2.24, 2.45) is 5.41 Å². The number of carbonyl (C=O) groups excluding carboxylic acids is 1. The third kappa shape index (κ3) is 3.31. The molecule has 174 valence electrons. The Labute approximate surface area is 200 Å². The van der Waals surface area contributed by atoms with E-state index in [1.54, 1.807) is 7.11 Å². The van der Waals surface area contributed by atoms with E-state index >= 15 is 0 Å². The lowest BCUT2D eigenvalue weighted by molar-refractivity contribution is -0.229. The largest absolute Gasteiger partial charge is 0.497 e. The number of aldehydes is 1. The van der Waals surface area contributed by atoms with Crippen molar-refractivity contribution in [3.8, 4) is 5.75 Å². The lowest BCUT2D eigenvalue weighted by Gasteiger charge is -2.51. The Kier molecular flexibility index (Phi) is 5.31. The van der Waals surface area contributed by atoms with E-state index in [0.717, 1.165) is 43.3 Å². The number of hydrogen-bond acceptors (Lipinski definition) is 4. The molecular formula is C30H30O4. The highest BCUT2D eigenvalue weighted by molar-refractivity contribution is 5.62. The topological polar surface area (TPSA) is 44.8 Å². The zero-order chi connectivity index (χ0) is 23.2. The summed E-state index contributed by atoms with van der Waals surface area (Å²) >= 11 is 0. The van der Waals surface area contributed by atoms with E-state index in [1.807, 2.05) is 24.3 Å². The second kappa shape index (κ2) is 8.37. The molecule has 0 amide bonds. The second-order valence-corrected chi connectivity index (χ2v) is 10.1. The van der Waals surface area contributed by atoms with E-state index in [1.165, 1.54) is 22.3 Å². The zero-order valence-electron chi connectivity index (χ0n) is 19.5. The Morgan fingerprint density at radius 2 is 1.50 bits per heavy atom. The second-order valence-electron chi connectivity index (χ2n) is 10.1. The van der Waals surface area contributed by atoms with Crippen LogP contribution in [0.25, 0.3) is 0 Å². The first-order valence-electron chi connectivity index (χ1n) is 12.2. The van der Waals surface area contributed by atoms with Crippen LogP contribution in [0.4, 0.5) is 0 Å². The summed E-state index contributed by atoms with van der Waals surface area (Å²) in [6.07, 6.45) is 4.54. The van der Waals surface area contributed by atoms with Gasteiger partial charge in [-0.05, 0) is 60.1 Å². The Morgan fingerprint density at radius 3 is 2.09 bits per heavy atom. The monoisotopic (exact) mass is 454 g/mol. The number of carbonyl (C=O) groups is 1. The first-order valence-corrected chi connectivity index (χ1v) is 12.2. The van der Waals surface area contributed by atoms with Gasteiger partial charge < -0.3 is 19.0 Å². The van der Waals surface area contributed by atoms with Crippen LogP contribution in [0.1, 0.15) is 65.7 Å². The fraction of sp³-hybridized carbons (Fsp3) is 0.367. The molecule has 3 aromatic rings. The molecule has 1 aliphatic heterocycles. The Hall–Kier alpha value is -2.95. The summed E-state index contributed by atoms with van der Waals surface area (Å²) in [6, 6.07) is 25.5. The molecule has 0 aromatic heterocycles. The molecule has 4 aliphatic rings. The number of ether oxygens (including phenoxy) is 3. The molecule has 4 nitrogen and oxygen atoms in total. The molecule has 0 atom stereocenters. The molecule has 1 fully saturated rings. The fourth-order valence-electron chi connectivity index (χ4n) is 6.41. The minimum absolute atomic E-state index is 0.0508. The average Bonchev–Trinajstić information content (AvgIpc) is 2.93. The molecule has 0 unspecified atom stereocenters. The lowest BCUT2D eigenvalue weighted by atomic mass is 9.53. The minimum atomic E-state index is -0.629. The third-order valence-corrected chi connectivity index (χ3v) is 8.30. The van der Waals surface area contributed by atoms with Crippen LogP contribution in [0, 0.1) is 5.41 Å². The minimum Gasteiger partial charge on any atom is -0.497 e. The SMILES string of the molecule is COc1ccc(C2OCC(C=O)(CCC34CCC(c5ccccc53)c3ccccc34)CO2)cc1. The Bertz CT molecular complexity index is 1140. The van der Waals surface area contributed by atoms with Gasteiger partial charge in [0.25, 0.3) is 0 Å². The van der Waals surface area contributed by atoms with Crippen LogP contribution in [0.5, 0.6) is 5.75 Å². The van der Waals surface area contributed by atoms with Crippen molar-refractivity contribution in [1.82, 2.24) is 0 Å². The van der Waals surface area contributed by atoms with Gasteiger partial charge in [0.1, 0.15) is 12.0 Å². The van der Waals surface area contributed by atoms with Crippen LogP contribution in [0.3, 0.4) is 0 Å². The predicted octanol–water partition coefficient (Wildman–Crippen LogP) is 5.93. The molecule has 7 rings (SSSR count). The van der Waals surface area contributed by atoms with Crippen molar-refractivity contribution >= 4 is 6.29 Å². The molecule has 2 bridgehead atoms. The number of fused-ring (bicyclic) bond motifs is 1. The van der Waals surface area contributed by atoms with Gasteiger partial charge in [-0.25, -0.2) is 0 Å². The molecule has 3 aromatic carbocycles. The maximum Gasteiger partial charge on any atom is 0.183 e. The molecule has 3 aliphatic carbocycles. The summed E-state index contributed by atoms with van der Waals surface area (Å²) in [5.41, 5.74) is 6.07. The molecule has 0 spiro atoms. The highest BCUT2D eigenvalue weighted by Gasteiger charge is 2.49. The van der Waals surface area contributed by atoms with Gasteiger partial charge in [-0.1, -0.05) is 60.7 Å². The van der Waals surface area contributed by atoms with Crippen LogP contribution < -0.4 is 4.74 Å². The molecule has 34 heavy (non-hydrogen) atoms. The van der Waals surface area contributed by atoms with E-state index in [-0.39, 0.29) is 5.41 Å². The van der Waals surface area contributed by atoms with Crippen molar-refractivity contribution < 1.29 is 19.0 Å². The normalized spacial score (nSPS) is 29.2. The molecule has 0 saturated carbocycles.